The summed E-state index contributed by atoms with van der Waals surface area (Å²) in [6.07, 6.45) is 2.70. The predicted octanol–water partition coefficient (Wildman–Crippen LogP) is 4.93. The Morgan fingerprint density at radius 2 is 2.08 bits per heavy atom. The van der Waals surface area contributed by atoms with E-state index in [1.54, 1.807) is 4.90 Å². The summed E-state index contributed by atoms with van der Waals surface area (Å²) in [6, 6.07) is 5.87. The van der Waals surface area contributed by atoms with Crippen LogP contribution in [0.15, 0.2) is 35.5 Å². The summed E-state index contributed by atoms with van der Waals surface area (Å²) < 4.78 is 10.1. The smallest absolute Gasteiger partial charge is 0.409 e. The second-order valence-corrected chi connectivity index (χ2v) is 10.7. The molecule has 1 fully saturated rings. The number of nitrogens with zero attached hydrogens (tertiary/aromatic N) is 3. The molecule has 2 aliphatic rings. The van der Waals surface area contributed by atoms with Gasteiger partial charge in [-0.1, -0.05) is 11.6 Å². The van der Waals surface area contributed by atoms with E-state index in [9.17, 15) is 14.4 Å². The van der Waals surface area contributed by atoms with Crippen LogP contribution in [0.2, 0.25) is 5.02 Å². The van der Waals surface area contributed by atoms with E-state index >= 15 is 0 Å². The number of ether oxygens (including phenoxy) is 2. The van der Waals surface area contributed by atoms with Crippen molar-refractivity contribution >= 4 is 51.6 Å². The van der Waals surface area contributed by atoms with Gasteiger partial charge >= 0.3 is 12.1 Å². The lowest BCUT2D eigenvalue weighted by molar-refractivity contribution is -0.142. The molecular weight excluding hydrogens is 516 g/mol. The molecule has 1 N–H and O–H groups in total. The molecule has 2 aromatic rings. The maximum atomic E-state index is 12.2. The molecule has 0 saturated carbocycles. The largest absolute Gasteiger partial charge is 0.465 e. The van der Waals surface area contributed by atoms with Crippen LogP contribution in [0.3, 0.4) is 0 Å². The number of methoxy groups -OCH3 is 1. The molecule has 1 aromatic heterocycles. The lowest BCUT2D eigenvalue weighted by Gasteiger charge is -2.27. The zero-order valence-electron chi connectivity index (χ0n) is 21.4. The SMILES string of the molecule is CC=C(Nc1nc(C(COC(C)=O)CC(C)=O)cs1)N1CC2(CCN(C(=O)OC)C2)c2cc(Cl)ccc21. The fourth-order valence-corrected chi connectivity index (χ4v) is 6.08. The molecule has 1 spiro atoms. The fraction of sp³-hybridized carbons (Fsp3) is 0.462. The van der Waals surface area contributed by atoms with E-state index in [-0.39, 0.29) is 36.2 Å². The van der Waals surface area contributed by atoms with Crippen molar-refractivity contribution in [2.24, 2.45) is 0 Å². The van der Waals surface area contributed by atoms with Crippen LogP contribution in [0.25, 0.3) is 0 Å². The van der Waals surface area contributed by atoms with E-state index in [1.165, 1.54) is 32.3 Å². The molecule has 3 heterocycles. The molecule has 0 bridgehead atoms. The van der Waals surface area contributed by atoms with Gasteiger partial charge in [0, 0.05) is 60.4 Å². The molecule has 198 valence electrons. The highest BCUT2D eigenvalue weighted by Crippen LogP contribution is 2.48. The first-order chi connectivity index (χ1) is 17.7. The van der Waals surface area contributed by atoms with Crippen molar-refractivity contribution in [2.75, 3.05) is 43.6 Å². The van der Waals surface area contributed by atoms with Crippen molar-refractivity contribution in [2.45, 2.75) is 44.9 Å². The van der Waals surface area contributed by atoms with Crippen LogP contribution in [-0.4, -0.2) is 61.1 Å². The van der Waals surface area contributed by atoms with Gasteiger partial charge < -0.3 is 29.4 Å². The Balaban J connectivity index is 1.57. The Morgan fingerprint density at radius 1 is 1.30 bits per heavy atom. The van der Waals surface area contributed by atoms with Crippen molar-refractivity contribution in [3.8, 4) is 0 Å². The highest BCUT2D eigenvalue weighted by atomic mass is 35.5. The van der Waals surface area contributed by atoms with Crippen molar-refractivity contribution < 1.29 is 23.9 Å². The summed E-state index contributed by atoms with van der Waals surface area (Å²) in [6.45, 7) is 6.74. The number of rotatable bonds is 8. The van der Waals surface area contributed by atoms with Crippen molar-refractivity contribution in [1.82, 2.24) is 9.88 Å². The molecule has 1 amide bonds. The number of allylic oxidation sites excluding steroid dienone is 1. The van der Waals surface area contributed by atoms with E-state index in [4.69, 9.17) is 26.1 Å². The number of benzene rings is 1. The molecule has 9 nitrogen and oxygen atoms in total. The quantitative estimate of drug-likeness (QED) is 0.465. The molecule has 2 unspecified atom stereocenters. The fourth-order valence-electron chi connectivity index (χ4n) is 5.11. The molecule has 1 aromatic carbocycles. The van der Waals surface area contributed by atoms with Gasteiger partial charge in [0.25, 0.3) is 0 Å². The average Bonchev–Trinajstić information content (AvgIpc) is 3.58. The van der Waals surface area contributed by atoms with Crippen LogP contribution in [0, 0.1) is 0 Å². The van der Waals surface area contributed by atoms with E-state index in [1.807, 2.05) is 36.6 Å². The van der Waals surface area contributed by atoms with Gasteiger partial charge in [0.1, 0.15) is 18.2 Å². The third kappa shape index (κ3) is 5.75. The first kappa shape index (κ1) is 26.9. The van der Waals surface area contributed by atoms with Gasteiger partial charge in [0.2, 0.25) is 0 Å². The third-order valence-electron chi connectivity index (χ3n) is 6.83. The number of aromatic nitrogens is 1. The van der Waals surface area contributed by atoms with E-state index in [2.05, 4.69) is 10.2 Å². The summed E-state index contributed by atoms with van der Waals surface area (Å²) >= 11 is 7.82. The predicted molar refractivity (Wildman–Crippen MR) is 143 cm³/mol. The number of ketones is 1. The lowest BCUT2D eigenvalue weighted by Crippen LogP contribution is -2.38. The summed E-state index contributed by atoms with van der Waals surface area (Å²) in [7, 11) is 1.40. The Hall–Kier alpha value is -3.11. The van der Waals surface area contributed by atoms with Crippen LogP contribution in [-0.2, 0) is 24.5 Å². The number of fused-ring (bicyclic) bond motifs is 2. The van der Waals surface area contributed by atoms with E-state index in [0.29, 0.717) is 35.5 Å². The molecular formula is C26H31ClN4O5S. The minimum atomic E-state index is -0.391. The number of Topliss-reactive ketones (excluding diaryl/α,β-unsaturated/α-hetero) is 1. The van der Waals surface area contributed by atoms with Crippen molar-refractivity contribution in [1.29, 1.82) is 0 Å². The Morgan fingerprint density at radius 3 is 2.76 bits per heavy atom. The van der Waals surface area contributed by atoms with Crippen LogP contribution in [0.1, 0.15) is 50.8 Å². The molecule has 1 saturated heterocycles. The summed E-state index contributed by atoms with van der Waals surface area (Å²) in [5.74, 6) is 0.158. The minimum absolute atomic E-state index is 0.00370. The van der Waals surface area contributed by atoms with Crippen molar-refractivity contribution in [3.63, 3.8) is 0 Å². The number of hydrogen-bond acceptors (Lipinski definition) is 9. The number of carbonyl (C=O) groups excluding carboxylic acids is 3. The zero-order valence-corrected chi connectivity index (χ0v) is 22.9. The first-order valence-electron chi connectivity index (χ1n) is 12.1. The molecule has 37 heavy (non-hydrogen) atoms. The van der Waals surface area contributed by atoms with Gasteiger partial charge in [-0.05, 0) is 50.1 Å². The second kappa shape index (κ2) is 11.1. The topological polar surface area (TPSA) is 101 Å². The summed E-state index contributed by atoms with van der Waals surface area (Å²) in [4.78, 5) is 44.0. The molecule has 11 heteroatoms. The highest BCUT2D eigenvalue weighted by Gasteiger charge is 2.49. The van der Waals surface area contributed by atoms with Gasteiger partial charge in [0.05, 0.1) is 12.8 Å². The molecule has 2 aliphatic heterocycles. The van der Waals surface area contributed by atoms with E-state index in [0.717, 1.165) is 23.5 Å². The highest BCUT2D eigenvalue weighted by molar-refractivity contribution is 7.13. The Bertz CT molecular complexity index is 1230. The summed E-state index contributed by atoms with van der Waals surface area (Å²) in [5, 5.41) is 6.64. The molecule has 0 radical (unpaired) electrons. The van der Waals surface area contributed by atoms with Crippen LogP contribution < -0.4 is 10.2 Å². The van der Waals surface area contributed by atoms with Gasteiger partial charge in [0.15, 0.2) is 5.13 Å². The number of halogens is 1. The summed E-state index contributed by atoms with van der Waals surface area (Å²) in [5.41, 5.74) is 2.57. The van der Waals surface area contributed by atoms with Crippen LogP contribution in [0.5, 0.6) is 0 Å². The number of likely N-dealkylation sites (tertiary alicyclic amines) is 1. The normalized spacial score (nSPS) is 19.6. The Labute approximate surface area is 225 Å². The lowest BCUT2D eigenvalue weighted by atomic mass is 9.81. The third-order valence-corrected chi connectivity index (χ3v) is 7.84. The first-order valence-corrected chi connectivity index (χ1v) is 13.3. The number of anilines is 2. The standard InChI is InChI=1S/C26H31ClN4O5S/c1-5-23(29-24-28-21(13-37-24)18(10-16(2)32)12-36-17(3)33)31-15-26(8-9-30(14-26)25(34)35-4)20-11-19(27)6-7-22(20)31/h5-7,11,13,18H,8-10,12,14-15H2,1-4H3,(H,28,29). The number of carbonyl (C=O) groups is 3. The zero-order chi connectivity index (χ0) is 26.7. The molecule has 4 rings (SSSR count). The Kier molecular flexibility index (Phi) is 8.08. The molecule has 0 aliphatic carbocycles. The maximum Gasteiger partial charge on any atom is 0.409 e. The second-order valence-electron chi connectivity index (χ2n) is 9.45. The maximum absolute atomic E-state index is 12.2. The van der Waals surface area contributed by atoms with Gasteiger partial charge in [-0.3, -0.25) is 4.79 Å². The number of esters is 1. The number of amides is 1. The molecule has 2 atom stereocenters. The monoisotopic (exact) mass is 546 g/mol. The minimum Gasteiger partial charge on any atom is -0.465 e. The van der Waals surface area contributed by atoms with Gasteiger partial charge in [-0.2, -0.15) is 0 Å². The van der Waals surface area contributed by atoms with Gasteiger partial charge in [-0.25, -0.2) is 9.78 Å². The number of hydrogen-bond donors (Lipinski definition) is 1. The number of thiazole rings is 1. The van der Waals surface area contributed by atoms with E-state index < -0.39 is 5.97 Å². The average molecular weight is 547 g/mol. The van der Waals surface area contributed by atoms with Crippen molar-refractivity contribution in [3.05, 3.63) is 51.8 Å². The number of nitrogens with one attached hydrogen (secondary N) is 1. The van der Waals surface area contributed by atoms with Crippen LogP contribution >= 0.6 is 22.9 Å². The van der Waals surface area contributed by atoms with Crippen LogP contribution in [0.4, 0.5) is 15.6 Å². The van der Waals surface area contributed by atoms with Gasteiger partial charge in [-0.15, -0.1) is 11.3 Å².